The van der Waals surface area contributed by atoms with Crippen molar-refractivity contribution in [2.75, 3.05) is 5.32 Å². The summed E-state index contributed by atoms with van der Waals surface area (Å²) in [6.07, 6.45) is -0.253. The molecule has 2 aromatic rings. The highest BCUT2D eigenvalue weighted by Gasteiger charge is 2.42. The number of fused-ring (bicyclic) bond motifs is 1. The Morgan fingerprint density at radius 1 is 1.09 bits per heavy atom. The van der Waals surface area contributed by atoms with Crippen LogP contribution in [0.15, 0.2) is 12.1 Å². The van der Waals surface area contributed by atoms with Crippen LogP contribution in [0.25, 0.3) is 5.65 Å². The SMILES string of the molecule is FC(F)(F)C1CCCC(Nc2ccc3nnc(C4CC4)n3n2)C1. The van der Waals surface area contributed by atoms with Crippen LogP contribution >= 0.6 is 0 Å². The predicted molar refractivity (Wildman–Crippen MR) is 78.2 cm³/mol. The molecule has 23 heavy (non-hydrogen) atoms. The van der Waals surface area contributed by atoms with Gasteiger partial charge in [0.15, 0.2) is 11.5 Å². The Kier molecular flexibility index (Phi) is 3.42. The van der Waals surface area contributed by atoms with Crippen molar-refractivity contribution in [1.82, 2.24) is 19.8 Å². The molecule has 2 aliphatic carbocycles. The maximum absolute atomic E-state index is 12.9. The summed E-state index contributed by atoms with van der Waals surface area (Å²) in [4.78, 5) is 0. The van der Waals surface area contributed by atoms with Crippen LogP contribution < -0.4 is 5.32 Å². The Hall–Kier alpha value is -1.86. The number of anilines is 1. The van der Waals surface area contributed by atoms with Crippen molar-refractivity contribution in [2.45, 2.75) is 56.7 Å². The molecular formula is C15H18F3N5. The number of aromatic nitrogens is 4. The maximum Gasteiger partial charge on any atom is 0.391 e. The molecule has 0 amide bonds. The van der Waals surface area contributed by atoms with Gasteiger partial charge in [0.2, 0.25) is 0 Å². The van der Waals surface area contributed by atoms with Crippen LogP contribution in [0.5, 0.6) is 0 Å². The molecule has 0 radical (unpaired) electrons. The molecule has 0 spiro atoms. The highest BCUT2D eigenvalue weighted by molar-refractivity contribution is 5.45. The van der Waals surface area contributed by atoms with E-state index in [1.54, 1.807) is 16.6 Å². The number of alkyl halides is 3. The normalized spacial score (nSPS) is 25.7. The average molecular weight is 325 g/mol. The van der Waals surface area contributed by atoms with E-state index in [0.717, 1.165) is 25.1 Å². The van der Waals surface area contributed by atoms with Gasteiger partial charge in [-0.25, -0.2) is 0 Å². The van der Waals surface area contributed by atoms with Crippen LogP contribution in [0.2, 0.25) is 0 Å². The fourth-order valence-corrected chi connectivity index (χ4v) is 3.31. The smallest absolute Gasteiger partial charge is 0.366 e. The summed E-state index contributed by atoms with van der Waals surface area (Å²) in [5, 5.41) is 15.9. The van der Waals surface area contributed by atoms with Gasteiger partial charge in [-0.1, -0.05) is 6.42 Å². The van der Waals surface area contributed by atoms with Gasteiger partial charge in [0.05, 0.1) is 5.92 Å². The number of rotatable bonds is 3. The summed E-state index contributed by atoms with van der Waals surface area (Å²) >= 11 is 0. The monoisotopic (exact) mass is 325 g/mol. The molecule has 5 nitrogen and oxygen atoms in total. The summed E-state index contributed by atoms with van der Waals surface area (Å²) in [5.41, 5.74) is 0.675. The number of hydrogen-bond donors (Lipinski definition) is 1. The molecule has 2 heterocycles. The van der Waals surface area contributed by atoms with E-state index < -0.39 is 12.1 Å². The van der Waals surface area contributed by atoms with Crippen molar-refractivity contribution in [3.05, 3.63) is 18.0 Å². The number of nitrogens with zero attached hydrogens (tertiary/aromatic N) is 4. The van der Waals surface area contributed by atoms with E-state index >= 15 is 0 Å². The van der Waals surface area contributed by atoms with Gasteiger partial charge in [-0.15, -0.1) is 15.3 Å². The molecule has 4 rings (SSSR count). The lowest BCUT2D eigenvalue weighted by Crippen LogP contribution is -2.34. The quantitative estimate of drug-likeness (QED) is 0.938. The lowest BCUT2D eigenvalue weighted by molar-refractivity contribution is -0.182. The van der Waals surface area contributed by atoms with Crippen molar-refractivity contribution in [3.63, 3.8) is 0 Å². The molecule has 2 aromatic heterocycles. The van der Waals surface area contributed by atoms with Crippen LogP contribution in [0.3, 0.4) is 0 Å². The first-order valence-electron chi connectivity index (χ1n) is 8.06. The summed E-state index contributed by atoms with van der Waals surface area (Å²) < 4.78 is 40.4. The molecule has 124 valence electrons. The van der Waals surface area contributed by atoms with E-state index in [1.165, 1.54) is 0 Å². The molecule has 2 atom stereocenters. The minimum Gasteiger partial charge on any atom is -0.366 e. The van der Waals surface area contributed by atoms with Crippen molar-refractivity contribution >= 4 is 11.5 Å². The topological polar surface area (TPSA) is 55.1 Å². The van der Waals surface area contributed by atoms with Crippen LogP contribution in [0.4, 0.5) is 19.0 Å². The first-order valence-corrected chi connectivity index (χ1v) is 8.06. The first kappa shape index (κ1) is 14.7. The summed E-state index contributed by atoms with van der Waals surface area (Å²) in [6, 6.07) is 3.37. The van der Waals surface area contributed by atoms with Gasteiger partial charge in [0.1, 0.15) is 5.82 Å². The molecule has 0 aromatic carbocycles. The lowest BCUT2D eigenvalue weighted by Gasteiger charge is -2.31. The van der Waals surface area contributed by atoms with E-state index in [4.69, 9.17) is 0 Å². The van der Waals surface area contributed by atoms with E-state index in [1.807, 2.05) is 0 Å². The van der Waals surface area contributed by atoms with E-state index in [9.17, 15) is 13.2 Å². The molecule has 1 N–H and O–H groups in total. The number of hydrogen-bond acceptors (Lipinski definition) is 4. The second-order valence-electron chi connectivity index (χ2n) is 6.57. The van der Waals surface area contributed by atoms with Gasteiger partial charge in [-0.2, -0.15) is 17.7 Å². The summed E-state index contributed by atoms with van der Waals surface area (Å²) in [7, 11) is 0. The van der Waals surface area contributed by atoms with Crippen LogP contribution in [-0.2, 0) is 0 Å². The van der Waals surface area contributed by atoms with Gasteiger partial charge in [0, 0.05) is 12.0 Å². The second-order valence-corrected chi connectivity index (χ2v) is 6.57. The Bertz CT molecular complexity index is 707. The second kappa shape index (κ2) is 5.35. The standard InChI is InChI=1S/C15H18F3N5/c16-15(17,18)10-2-1-3-11(8-10)19-12-6-7-13-20-21-14(9-4-5-9)23(13)22-12/h6-7,9-11H,1-5,8H2,(H,19,22). The van der Waals surface area contributed by atoms with E-state index in [0.29, 0.717) is 23.8 Å². The highest BCUT2D eigenvalue weighted by atomic mass is 19.4. The van der Waals surface area contributed by atoms with Gasteiger partial charge in [-0.3, -0.25) is 0 Å². The highest BCUT2D eigenvalue weighted by Crippen LogP contribution is 2.39. The molecular weight excluding hydrogens is 307 g/mol. The van der Waals surface area contributed by atoms with Crippen LogP contribution in [0.1, 0.15) is 50.3 Å². The van der Waals surface area contributed by atoms with Gasteiger partial charge in [-0.05, 0) is 44.2 Å². The Balaban J connectivity index is 1.52. The fourth-order valence-electron chi connectivity index (χ4n) is 3.31. The molecule has 2 unspecified atom stereocenters. The zero-order chi connectivity index (χ0) is 16.0. The van der Waals surface area contributed by atoms with Gasteiger partial charge >= 0.3 is 6.18 Å². The molecule has 0 aliphatic heterocycles. The van der Waals surface area contributed by atoms with Gasteiger partial charge in [0.25, 0.3) is 0 Å². The average Bonchev–Trinajstić information content (AvgIpc) is 3.27. The van der Waals surface area contributed by atoms with Gasteiger partial charge < -0.3 is 5.32 Å². The molecule has 0 bridgehead atoms. The number of nitrogens with one attached hydrogen (secondary N) is 1. The Labute approximate surface area is 131 Å². The zero-order valence-electron chi connectivity index (χ0n) is 12.6. The summed E-state index contributed by atoms with van der Waals surface area (Å²) in [5.74, 6) is 0.638. The minimum absolute atomic E-state index is 0.112. The van der Waals surface area contributed by atoms with E-state index in [2.05, 4.69) is 20.6 Å². The van der Waals surface area contributed by atoms with Crippen molar-refractivity contribution in [3.8, 4) is 0 Å². The third-order valence-electron chi connectivity index (χ3n) is 4.72. The Morgan fingerprint density at radius 3 is 2.65 bits per heavy atom. The minimum atomic E-state index is -4.11. The van der Waals surface area contributed by atoms with Crippen molar-refractivity contribution < 1.29 is 13.2 Å². The molecule has 2 saturated carbocycles. The molecule has 0 saturated heterocycles. The van der Waals surface area contributed by atoms with Crippen LogP contribution in [0, 0.1) is 5.92 Å². The molecule has 2 aliphatic rings. The van der Waals surface area contributed by atoms with E-state index in [-0.39, 0.29) is 18.9 Å². The lowest BCUT2D eigenvalue weighted by atomic mass is 9.85. The van der Waals surface area contributed by atoms with Crippen molar-refractivity contribution in [1.29, 1.82) is 0 Å². The largest absolute Gasteiger partial charge is 0.391 e. The zero-order valence-corrected chi connectivity index (χ0v) is 12.6. The van der Waals surface area contributed by atoms with Crippen molar-refractivity contribution in [2.24, 2.45) is 5.92 Å². The third kappa shape index (κ3) is 2.98. The number of halogens is 3. The Morgan fingerprint density at radius 2 is 1.91 bits per heavy atom. The summed E-state index contributed by atoms with van der Waals surface area (Å²) in [6.45, 7) is 0. The molecule has 8 heteroatoms. The third-order valence-corrected chi connectivity index (χ3v) is 4.72. The predicted octanol–water partition coefficient (Wildman–Crippen LogP) is 3.53. The molecule has 2 fully saturated rings. The fraction of sp³-hybridized carbons (Fsp3) is 0.667. The van der Waals surface area contributed by atoms with Crippen LogP contribution in [-0.4, -0.2) is 32.0 Å². The maximum atomic E-state index is 12.9. The first-order chi connectivity index (χ1) is 11.0.